The van der Waals surface area contributed by atoms with E-state index in [0.717, 1.165) is 30.0 Å². The van der Waals surface area contributed by atoms with Gasteiger partial charge in [-0.3, -0.25) is 0 Å². The lowest BCUT2D eigenvalue weighted by Gasteiger charge is -2.29. The van der Waals surface area contributed by atoms with Crippen LogP contribution in [0, 0.1) is 6.92 Å². The molecule has 21 heavy (non-hydrogen) atoms. The molecule has 3 nitrogen and oxygen atoms in total. The van der Waals surface area contributed by atoms with Crippen molar-refractivity contribution in [2.24, 2.45) is 5.73 Å². The molecule has 1 atom stereocenters. The Hall–Kier alpha value is -2.00. The van der Waals surface area contributed by atoms with Crippen molar-refractivity contribution in [2.75, 3.05) is 18.4 Å². The van der Waals surface area contributed by atoms with Crippen molar-refractivity contribution in [3.63, 3.8) is 0 Å². The van der Waals surface area contributed by atoms with E-state index in [1.807, 2.05) is 0 Å². The van der Waals surface area contributed by atoms with Gasteiger partial charge >= 0.3 is 0 Å². The molecule has 0 aromatic heterocycles. The van der Waals surface area contributed by atoms with Gasteiger partial charge in [-0.1, -0.05) is 37.3 Å². The lowest BCUT2D eigenvalue weighted by Crippen LogP contribution is -2.37. The van der Waals surface area contributed by atoms with Crippen molar-refractivity contribution in [3.8, 4) is 16.9 Å². The molecule has 1 aliphatic heterocycles. The maximum Gasteiger partial charge on any atom is 0.150 e. The van der Waals surface area contributed by atoms with E-state index in [1.165, 1.54) is 16.7 Å². The molecule has 0 spiro atoms. The second kappa shape index (κ2) is 5.78. The minimum atomic E-state index is 0.0349. The molecule has 110 valence electrons. The maximum atomic E-state index is 6.13. The molecule has 3 N–H and O–H groups in total. The number of para-hydroxylation sites is 1. The van der Waals surface area contributed by atoms with E-state index in [4.69, 9.17) is 10.5 Å². The molecule has 3 rings (SSSR count). The Bertz CT molecular complexity index is 652. The lowest BCUT2D eigenvalue weighted by atomic mass is 9.92. The Morgan fingerprint density at radius 2 is 2.05 bits per heavy atom. The molecule has 3 heteroatoms. The van der Waals surface area contributed by atoms with Crippen LogP contribution >= 0.6 is 0 Å². The number of hydrogen-bond donors (Lipinski definition) is 2. The number of benzene rings is 2. The van der Waals surface area contributed by atoms with Gasteiger partial charge in [0, 0.05) is 12.1 Å². The van der Waals surface area contributed by atoms with Crippen LogP contribution in [-0.4, -0.2) is 19.2 Å². The Labute approximate surface area is 126 Å². The minimum absolute atomic E-state index is 0.0349. The summed E-state index contributed by atoms with van der Waals surface area (Å²) in [4.78, 5) is 0. The third kappa shape index (κ3) is 2.49. The highest BCUT2D eigenvalue weighted by atomic mass is 16.5. The van der Waals surface area contributed by atoms with Crippen LogP contribution in [0.25, 0.3) is 11.1 Å². The van der Waals surface area contributed by atoms with E-state index < -0.39 is 0 Å². The molecule has 0 radical (unpaired) electrons. The largest absolute Gasteiger partial charge is 0.484 e. The molecule has 2 aromatic rings. The fraction of sp³-hybridized carbons (Fsp3) is 0.333. The van der Waals surface area contributed by atoms with Gasteiger partial charge in [-0.25, -0.2) is 0 Å². The standard InChI is InChI=1S/C18H22N2O/c1-3-13-7-4-6-12(2)17(13)15-8-5-9-16-18(15)21-14(10-19)11-20-16/h4-9,14,20H,3,10-11,19H2,1-2H3/t14-/m0/s1. The quantitative estimate of drug-likeness (QED) is 0.907. The van der Waals surface area contributed by atoms with Gasteiger partial charge in [0.25, 0.3) is 0 Å². The van der Waals surface area contributed by atoms with E-state index in [9.17, 15) is 0 Å². The maximum absolute atomic E-state index is 6.13. The van der Waals surface area contributed by atoms with Gasteiger partial charge in [0.05, 0.1) is 12.2 Å². The van der Waals surface area contributed by atoms with Crippen LogP contribution in [0.3, 0.4) is 0 Å². The summed E-state index contributed by atoms with van der Waals surface area (Å²) in [6.45, 7) is 5.64. The van der Waals surface area contributed by atoms with Crippen LogP contribution in [0.1, 0.15) is 18.1 Å². The monoisotopic (exact) mass is 282 g/mol. The van der Waals surface area contributed by atoms with Crippen molar-refractivity contribution in [3.05, 3.63) is 47.5 Å². The number of rotatable bonds is 3. The van der Waals surface area contributed by atoms with Crippen molar-refractivity contribution in [1.82, 2.24) is 0 Å². The van der Waals surface area contributed by atoms with Crippen molar-refractivity contribution in [2.45, 2.75) is 26.4 Å². The second-order valence-electron chi connectivity index (χ2n) is 5.50. The van der Waals surface area contributed by atoms with Gasteiger partial charge < -0.3 is 15.8 Å². The summed E-state index contributed by atoms with van der Waals surface area (Å²) < 4.78 is 6.13. The first-order chi connectivity index (χ1) is 10.2. The predicted molar refractivity (Wildman–Crippen MR) is 88.0 cm³/mol. The molecule has 0 unspecified atom stereocenters. The van der Waals surface area contributed by atoms with Crippen molar-refractivity contribution < 1.29 is 4.74 Å². The highest BCUT2D eigenvalue weighted by Gasteiger charge is 2.22. The Kier molecular flexibility index (Phi) is 3.84. The summed E-state index contributed by atoms with van der Waals surface area (Å²) in [6, 6.07) is 12.8. The first-order valence-corrected chi connectivity index (χ1v) is 7.57. The topological polar surface area (TPSA) is 47.3 Å². The van der Waals surface area contributed by atoms with E-state index in [2.05, 4.69) is 55.6 Å². The van der Waals surface area contributed by atoms with Gasteiger partial charge in [-0.2, -0.15) is 0 Å². The fourth-order valence-electron chi connectivity index (χ4n) is 2.97. The fourth-order valence-corrected chi connectivity index (χ4v) is 2.97. The zero-order valence-corrected chi connectivity index (χ0v) is 12.6. The van der Waals surface area contributed by atoms with E-state index in [-0.39, 0.29) is 6.10 Å². The average molecular weight is 282 g/mol. The predicted octanol–water partition coefficient (Wildman–Crippen LogP) is 3.36. The van der Waals surface area contributed by atoms with Gasteiger partial charge in [-0.05, 0) is 36.1 Å². The number of hydrogen-bond acceptors (Lipinski definition) is 3. The summed E-state index contributed by atoms with van der Waals surface area (Å²) in [5.41, 5.74) is 11.9. The molecule has 0 fully saturated rings. The molecule has 0 aliphatic carbocycles. The van der Waals surface area contributed by atoms with Crippen LogP contribution in [-0.2, 0) is 6.42 Å². The van der Waals surface area contributed by atoms with Crippen molar-refractivity contribution >= 4 is 5.69 Å². The highest BCUT2D eigenvalue weighted by Crippen LogP contribution is 2.41. The van der Waals surface area contributed by atoms with Gasteiger partial charge in [0.15, 0.2) is 5.75 Å². The number of nitrogens with one attached hydrogen (secondary N) is 1. The van der Waals surface area contributed by atoms with E-state index in [0.29, 0.717) is 6.54 Å². The van der Waals surface area contributed by atoms with Gasteiger partial charge in [-0.15, -0.1) is 0 Å². The number of nitrogens with two attached hydrogens (primary N) is 1. The summed E-state index contributed by atoms with van der Waals surface area (Å²) in [5, 5.41) is 3.43. The van der Waals surface area contributed by atoms with Crippen LogP contribution in [0.4, 0.5) is 5.69 Å². The molecule has 2 aromatic carbocycles. The molecule has 0 saturated heterocycles. The third-order valence-electron chi connectivity index (χ3n) is 4.09. The summed E-state index contributed by atoms with van der Waals surface area (Å²) >= 11 is 0. The number of anilines is 1. The lowest BCUT2D eigenvalue weighted by molar-refractivity contribution is 0.215. The van der Waals surface area contributed by atoms with Crippen molar-refractivity contribution in [1.29, 1.82) is 0 Å². The Morgan fingerprint density at radius 3 is 2.81 bits per heavy atom. The second-order valence-corrected chi connectivity index (χ2v) is 5.50. The summed E-state index contributed by atoms with van der Waals surface area (Å²) in [5.74, 6) is 0.934. The van der Waals surface area contributed by atoms with Crippen LogP contribution < -0.4 is 15.8 Å². The average Bonchev–Trinajstić information content (AvgIpc) is 2.53. The highest BCUT2D eigenvalue weighted by molar-refractivity contribution is 5.82. The van der Waals surface area contributed by atoms with Crippen LogP contribution in [0.15, 0.2) is 36.4 Å². The molecule has 0 amide bonds. The van der Waals surface area contributed by atoms with Crippen LogP contribution in [0.2, 0.25) is 0 Å². The first-order valence-electron chi connectivity index (χ1n) is 7.57. The third-order valence-corrected chi connectivity index (χ3v) is 4.09. The molecule has 0 saturated carbocycles. The Morgan fingerprint density at radius 1 is 1.24 bits per heavy atom. The zero-order valence-electron chi connectivity index (χ0n) is 12.6. The molecule has 1 heterocycles. The number of fused-ring (bicyclic) bond motifs is 1. The zero-order chi connectivity index (χ0) is 14.8. The molecule has 1 aliphatic rings. The van der Waals surface area contributed by atoms with Gasteiger partial charge in [0.2, 0.25) is 0 Å². The van der Waals surface area contributed by atoms with E-state index in [1.54, 1.807) is 0 Å². The minimum Gasteiger partial charge on any atom is -0.484 e. The summed E-state index contributed by atoms with van der Waals surface area (Å²) in [7, 11) is 0. The smallest absolute Gasteiger partial charge is 0.150 e. The molecule has 0 bridgehead atoms. The normalized spacial score (nSPS) is 16.8. The number of ether oxygens (including phenoxy) is 1. The molecular formula is C18H22N2O. The van der Waals surface area contributed by atoms with Crippen LogP contribution in [0.5, 0.6) is 5.75 Å². The first kappa shape index (κ1) is 14.0. The van der Waals surface area contributed by atoms with Gasteiger partial charge in [0.1, 0.15) is 6.10 Å². The van der Waals surface area contributed by atoms with E-state index >= 15 is 0 Å². The number of aryl methyl sites for hydroxylation is 2. The Balaban J connectivity index is 2.17. The summed E-state index contributed by atoms with van der Waals surface area (Å²) in [6.07, 6.45) is 1.04. The molecular weight excluding hydrogens is 260 g/mol. The SMILES string of the molecule is CCc1cccc(C)c1-c1cccc2c1O[C@@H](CN)CN2.